The lowest BCUT2D eigenvalue weighted by Crippen LogP contribution is -2.22. The van der Waals surface area contributed by atoms with Gasteiger partial charge in [-0.05, 0) is 69.3 Å². The third kappa shape index (κ3) is 12.2. The molecule has 0 radical (unpaired) electrons. The van der Waals surface area contributed by atoms with Crippen molar-refractivity contribution < 1.29 is 57.0 Å². The highest BCUT2D eigenvalue weighted by Crippen LogP contribution is 2.32. The van der Waals surface area contributed by atoms with E-state index in [1.165, 1.54) is 14.7 Å². The molecular weight excluding hydrogens is 610 g/mol. The standard InChI is InChI=1S/C22H23OS.2CHF3O3S/c1-22(2,3)23-18-14-16-21(17-15-18)24(19-10-6-4-7-11-19)20-12-8-5-9-13-20;2*2-1(3,4)8(5,6)7/h4-17H,1-3H3;2*(H,5,6,7)/q+1;;/p-1. The molecule has 222 valence electrons. The van der Waals surface area contributed by atoms with E-state index in [1.54, 1.807) is 0 Å². The lowest BCUT2D eigenvalue weighted by atomic mass is 10.2. The van der Waals surface area contributed by atoms with Crippen molar-refractivity contribution in [1.82, 2.24) is 0 Å². The second-order valence-electron chi connectivity index (χ2n) is 8.44. The van der Waals surface area contributed by atoms with Crippen molar-refractivity contribution in [3.05, 3.63) is 84.9 Å². The normalized spacial score (nSPS) is 12.5. The fourth-order valence-corrected chi connectivity index (χ4v) is 4.60. The number of halogens is 6. The zero-order valence-corrected chi connectivity index (χ0v) is 23.4. The van der Waals surface area contributed by atoms with Gasteiger partial charge in [-0.1, -0.05) is 36.4 Å². The minimum absolute atomic E-state index is 0.102. The minimum atomic E-state index is -6.09. The zero-order chi connectivity index (χ0) is 31.0. The number of benzene rings is 3. The third-order valence-corrected chi connectivity index (χ3v) is 7.40. The number of hydrogen-bond acceptors (Lipinski definition) is 6. The van der Waals surface area contributed by atoms with Gasteiger partial charge in [-0.15, -0.1) is 0 Å². The van der Waals surface area contributed by atoms with Crippen molar-refractivity contribution in [3.8, 4) is 5.75 Å². The SMILES string of the molecule is CC(C)(C)Oc1ccc([S+](c2ccccc2)c2ccccc2)cc1.O=S(=O)(O)C(F)(F)F.O=S(=O)([O-])C(F)(F)F. The largest absolute Gasteiger partial charge is 0.741 e. The van der Waals surface area contributed by atoms with Crippen molar-refractivity contribution in [2.45, 2.75) is 52.1 Å². The van der Waals surface area contributed by atoms with Gasteiger partial charge in [0, 0.05) is 0 Å². The van der Waals surface area contributed by atoms with Gasteiger partial charge in [0.15, 0.2) is 24.8 Å². The molecule has 0 amide bonds. The molecule has 0 aliphatic heterocycles. The Labute approximate surface area is 230 Å². The zero-order valence-electron chi connectivity index (χ0n) is 21.0. The van der Waals surface area contributed by atoms with Gasteiger partial charge >= 0.3 is 21.1 Å². The van der Waals surface area contributed by atoms with E-state index >= 15 is 0 Å². The number of hydrogen-bond donors (Lipinski definition) is 1. The minimum Gasteiger partial charge on any atom is -0.741 e. The number of ether oxygens (including phenoxy) is 1. The highest BCUT2D eigenvalue weighted by molar-refractivity contribution is 7.97. The summed E-state index contributed by atoms with van der Waals surface area (Å²) in [4.78, 5) is 3.95. The van der Waals surface area contributed by atoms with Crippen LogP contribution in [0.3, 0.4) is 0 Å². The van der Waals surface area contributed by atoms with Gasteiger partial charge < -0.3 is 9.29 Å². The molecule has 0 fully saturated rings. The molecule has 3 aromatic carbocycles. The van der Waals surface area contributed by atoms with Crippen LogP contribution < -0.4 is 4.74 Å². The monoisotopic (exact) mass is 634 g/mol. The van der Waals surface area contributed by atoms with E-state index in [0.29, 0.717) is 0 Å². The Morgan fingerprint density at radius 1 is 0.650 bits per heavy atom. The summed E-state index contributed by atoms with van der Waals surface area (Å²) in [6.07, 6.45) is 0. The summed E-state index contributed by atoms with van der Waals surface area (Å²) in [5, 5.41) is 0. The Hall–Kier alpha value is -2.79. The van der Waals surface area contributed by atoms with E-state index in [0.717, 1.165) is 5.75 Å². The number of alkyl halides is 6. The summed E-state index contributed by atoms with van der Waals surface area (Å²) in [6.45, 7) is 6.21. The van der Waals surface area contributed by atoms with Crippen LogP contribution in [0.1, 0.15) is 20.8 Å². The van der Waals surface area contributed by atoms with E-state index in [-0.39, 0.29) is 16.5 Å². The summed E-state index contributed by atoms with van der Waals surface area (Å²) < 4.78 is 122. The molecular formula is C24H24F6O7S3. The van der Waals surface area contributed by atoms with Crippen molar-refractivity contribution >= 4 is 31.1 Å². The van der Waals surface area contributed by atoms with E-state index in [1.807, 2.05) is 0 Å². The molecule has 3 aromatic rings. The molecule has 0 aliphatic carbocycles. The quantitative estimate of drug-likeness (QED) is 0.153. The smallest absolute Gasteiger partial charge is 0.522 e. The van der Waals surface area contributed by atoms with Crippen LogP contribution in [0.2, 0.25) is 0 Å². The van der Waals surface area contributed by atoms with E-state index < -0.39 is 31.3 Å². The van der Waals surface area contributed by atoms with Crippen LogP contribution in [-0.4, -0.2) is 42.6 Å². The first-order valence-corrected chi connectivity index (χ1v) is 14.8. The summed E-state index contributed by atoms with van der Waals surface area (Å²) in [5.41, 5.74) is -11.4. The van der Waals surface area contributed by atoms with Gasteiger partial charge in [-0.3, -0.25) is 4.55 Å². The molecule has 40 heavy (non-hydrogen) atoms. The van der Waals surface area contributed by atoms with E-state index in [4.69, 9.17) is 30.7 Å². The predicted molar refractivity (Wildman–Crippen MR) is 135 cm³/mol. The molecule has 0 saturated carbocycles. The fraction of sp³-hybridized carbons (Fsp3) is 0.250. The average molecular weight is 635 g/mol. The lowest BCUT2D eigenvalue weighted by molar-refractivity contribution is -0.0519. The summed E-state index contributed by atoms with van der Waals surface area (Å²) in [5.74, 6) is 0.913. The van der Waals surface area contributed by atoms with Crippen LogP contribution in [0, 0.1) is 0 Å². The Balaban J connectivity index is 0.000000412. The summed E-state index contributed by atoms with van der Waals surface area (Å²) in [6, 6.07) is 29.9. The predicted octanol–water partition coefficient (Wildman–Crippen LogP) is 6.40. The topological polar surface area (TPSA) is 121 Å². The van der Waals surface area contributed by atoms with Gasteiger partial charge in [0.25, 0.3) is 0 Å². The molecule has 1 N–H and O–H groups in total. The molecule has 16 heteroatoms. The molecule has 0 aromatic heterocycles. The maximum Gasteiger partial charge on any atom is 0.522 e. The van der Waals surface area contributed by atoms with Gasteiger partial charge in [0.1, 0.15) is 11.4 Å². The van der Waals surface area contributed by atoms with Crippen molar-refractivity contribution in [3.63, 3.8) is 0 Å². The Kier molecular flexibility index (Phi) is 12.1. The third-order valence-electron chi connectivity index (χ3n) is 4.02. The number of rotatable bonds is 4. The average Bonchev–Trinajstić information content (AvgIpc) is 2.79. The van der Waals surface area contributed by atoms with Crippen molar-refractivity contribution in [2.75, 3.05) is 0 Å². The molecule has 0 saturated heterocycles. The molecule has 0 heterocycles. The molecule has 0 spiro atoms. The van der Waals surface area contributed by atoms with Crippen LogP contribution in [0.4, 0.5) is 26.3 Å². The molecule has 3 rings (SSSR count). The maximum atomic E-state index is 10.7. The lowest BCUT2D eigenvalue weighted by Gasteiger charge is -2.21. The Morgan fingerprint density at radius 3 is 1.20 bits per heavy atom. The van der Waals surface area contributed by atoms with Crippen LogP contribution >= 0.6 is 0 Å². The summed E-state index contributed by atoms with van der Waals surface area (Å²) in [7, 11) is -12.0. The van der Waals surface area contributed by atoms with Crippen LogP contribution in [0.25, 0.3) is 0 Å². The summed E-state index contributed by atoms with van der Waals surface area (Å²) >= 11 is 0. The molecule has 7 nitrogen and oxygen atoms in total. The highest BCUT2D eigenvalue weighted by Gasteiger charge is 2.44. The molecule has 0 aliphatic rings. The van der Waals surface area contributed by atoms with Gasteiger partial charge in [0.2, 0.25) is 0 Å². The van der Waals surface area contributed by atoms with Gasteiger partial charge in [-0.25, -0.2) is 8.42 Å². The first kappa shape index (κ1) is 35.2. The van der Waals surface area contributed by atoms with Crippen LogP contribution in [-0.2, 0) is 31.1 Å². The maximum absolute atomic E-state index is 10.7. The highest BCUT2D eigenvalue weighted by atomic mass is 32.2. The van der Waals surface area contributed by atoms with E-state index in [9.17, 15) is 26.3 Å². The van der Waals surface area contributed by atoms with Crippen LogP contribution in [0.15, 0.2) is 99.6 Å². The second-order valence-corrected chi connectivity index (χ2v) is 13.2. The van der Waals surface area contributed by atoms with Gasteiger partial charge in [0.05, 0.1) is 10.9 Å². The first-order valence-electron chi connectivity index (χ1n) is 10.7. The van der Waals surface area contributed by atoms with Crippen molar-refractivity contribution in [2.24, 2.45) is 0 Å². The van der Waals surface area contributed by atoms with E-state index in [2.05, 4.69) is 106 Å². The Bertz CT molecular complexity index is 1320. The fourth-order valence-electron chi connectivity index (χ4n) is 2.52. The second kappa shape index (κ2) is 13.7. The molecule has 0 unspecified atom stereocenters. The first-order chi connectivity index (χ1) is 18.0. The van der Waals surface area contributed by atoms with Crippen LogP contribution in [0.5, 0.6) is 5.75 Å². The molecule has 0 bridgehead atoms. The molecule has 0 atom stereocenters. The Morgan fingerprint density at radius 2 is 0.950 bits per heavy atom. The van der Waals surface area contributed by atoms with Gasteiger partial charge in [-0.2, -0.15) is 34.8 Å². The van der Waals surface area contributed by atoms with Crippen molar-refractivity contribution in [1.29, 1.82) is 0 Å².